The summed E-state index contributed by atoms with van der Waals surface area (Å²) in [4.78, 5) is 18.5. The minimum Gasteiger partial charge on any atom is -0.322 e. The number of aryl methyl sites for hydroxylation is 1. The highest BCUT2D eigenvalue weighted by Gasteiger charge is 2.65. The van der Waals surface area contributed by atoms with Gasteiger partial charge in [0.1, 0.15) is 16.9 Å². The molecule has 0 atom stereocenters. The van der Waals surface area contributed by atoms with E-state index in [2.05, 4.69) is 20.4 Å². The van der Waals surface area contributed by atoms with Crippen molar-refractivity contribution in [3.63, 3.8) is 0 Å². The summed E-state index contributed by atoms with van der Waals surface area (Å²) in [5.74, 6) is -0.957. The third-order valence-corrected chi connectivity index (χ3v) is 6.59. The van der Waals surface area contributed by atoms with Gasteiger partial charge in [0.05, 0.1) is 11.4 Å². The van der Waals surface area contributed by atoms with Crippen molar-refractivity contribution in [2.75, 3.05) is 5.32 Å². The van der Waals surface area contributed by atoms with E-state index in [0.717, 1.165) is 23.3 Å². The third kappa shape index (κ3) is 4.52. The smallest absolute Gasteiger partial charge is 0.310 e. The first-order valence-corrected chi connectivity index (χ1v) is 12.3. The van der Waals surface area contributed by atoms with Crippen LogP contribution in [0.25, 0.3) is 22.6 Å². The highest BCUT2D eigenvalue weighted by atomic mass is 32.5. The Kier molecular flexibility index (Phi) is 4.81. The van der Waals surface area contributed by atoms with Gasteiger partial charge in [0.25, 0.3) is 5.91 Å². The molecule has 0 unspecified atom stereocenters. The molecule has 0 aliphatic carbocycles. The first kappa shape index (κ1) is 23.5. The molecule has 0 bridgehead atoms. The van der Waals surface area contributed by atoms with Crippen LogP contribution in [0.1, 0.15) is 15.9 Å². The van der Waals surface area contributed by atoms with E-state index in [0.29, 0.717) is 17.0 Å². The van der Waals surface area contributed by atoms with E-state index in [1.807, 2.05) is 17.6 Å². The molecule has 7 nitrogen and oxygen atoms in total. The second-order valence-electron chi connectivity index (χ2n) is 8.08. The van der Waals surface area contributed by atoms with Crippen molar-refractivity contribution in [1.29, 1.82) is 0 Å². The fraction of sp³-hybridized carbons (Fsp3) is 0.0435. The molecule has 3 heterocycles. The lowest BCUT2D eigenvalue weighted by atomic mass is 10.1. The van der Waals surface area contributed by atoms with E-state index >= 15 is 0 Å². The first-order chi connectivity index (χ1) is 16.8. The fourth-order valence-corrected chi connectivity index (χ4v) is 4.37. The van der Waals surface area contributed by atoms with Crippen molar-refractivity contribution in [2.24, 2.45) is 0 Å². The van der Waals surface area contributed by atoms with Crippen molar-refractivity contribution in [3.8, 4) is 16.9 Å². The number of anilines is 1. The number of amides is 1. The van der Waals surface area contributed by atoms with E-state index in [9.17, 15) is 24.2 Å². The summed E-state index contributed by atoms with van der Waals surface area (Å²) in [5.41, 5.74) is 3.28. The Morgan fingerprint density at radius 3 is 2.42 bits per heavy atom. The highest BCUT2D eigenvalue weighted by Crippen LogP contribution is 3.02. The van der Waals surface area contributed by atoms with E-state index < -0.39 is 26.6 Å². The van der Waals surface area contributed by atoms with Gasteiger partial charge in [-0.2, -0.15) is 5.10 Å². The Hall–Kier alpha value is -4.26. The van der Waals surface area contributed by atoms with Crippen LogP contribution in [0.3, 0.4) is 0 Å². The number of nitrogens with zero attached hydrogens (tertiary/aromatic N) is 5. The molecule has 0 aliphatic heterocycles. The van der Waals surface area contributed by atoms with Crippen LogP contribution in [-0.4, -0.2) is 30.1 Å². The van der Waals surface area contributed by atoms with Gasteiger partial charge in [-0.05, 0) is 42.8 Å². The normalized spacial score (nSPS) is 13.8. The number of benzene rings is 2. The SMILES string of the molecule is Cc1ccc(NC(=O)c2cccc(S(F)(F)(F)(F)F)c2)cc1-n1ccn2nc(-c3cncnc3)cc12. The maximum atomic E-state index is 13.2. The van der Waals surface area contributed by atoms with Gasteiger partial charge >= 0.3 is 10.2 Å². The lowest BCUT2D eigenvalue weighted by Gasteiger charge is -2.40. The zero-order valence-electron chi connectivity index (χ0n) is 18.4. The zero-order chi connectivity index (χ0) is 25.8. The molecule has 5 rings (SSSR count). The van der Waals surface area contributed by atoms with Gasteiger partial charge in [0.15, 0.2) is 0 Å². The van der Waals surface area contributed by atoms with Crippen LogP contribution in [-0.2, 0) is 0 Å². The van der Waals surface area contributed by atoms with Gasteiger partial charge < -0.3 is 5.32 Å². The average molecular weight is 520 g/mol. The Labute approximate surface area is 201 Å². The topological polar surface area (TPSA) is 77.1 Å². The largest absolute Gasteiger partial charge is 0.322 e. The molecule has 3 aromatic heterocycles. The van der Waals surface area contributed by atoms with Gasteiger partial charge in [0.2, 0.25) is 0 Å². The van der Waals surface area contributed by atoms with Crippen LogP contribution in [0.5, 0.6) is 0 Å². The van der Waals surface area contributed by atoms with Gasteiger partial charge in [-0.25, -0.2) is 14.5 Å². The number of halogens is 5. The summed E-state index contributed by atoms with van der Waals surface area (Å²) >= 11 is 0. The quantitative estimate of drug-likeness (QED) is 0.259. The number of aromatic nitrogens is 5. The second kappa shape index (κ2) is 7.37. The van der Waals surface area contributed by atoms with Crippen molar-refractivity contribution in [2.45, 2.75) is 11.8 Å². The van der Waals surface area contributed by atoms with Crippen molar-refractivity contribution >= 4 is 27.5 Å². The van der Waals surface area contributed by atoms with Gasteiger partial charge in [0, 0.05) is 47.7 Å². The van der Waals surface area contributed by atoms with Crippen LogP contribution in [0.4, 0.5) is 25.1 Å². The molecule has 186 valence electrons. The van der Waals surface area contributed by atoms with E-state index in [1.165, 1.54) is 6.33 Å². The number of carbonyl (C=O) groups is 1. The second-order valence-corrected chi connectivity index (χ2v) is 10.5. The van der Waals surface area contributed by atoms with Crippen LogP contribution in [0, 0.1) is 6.92 Å². The van der Waals surface area contributed by atoms with Crippen molar-refractivity contribution in [3.05, 3.63) is 90.8 Å². The summed E-state index contributed by atoms with van der Waals surface area (Å²) in [7, 11) is -9.92. The van der Waals surface area contributed by atoms with Gasteiger partial charge in [-0.1, -0.05) is 31.6 Å². The lowest BCUT2D eigenvalue weighted by molar-refractivity contribution is 0.102. The predicted octanol–water partition coefficient (Wildman–Crippen LogP) is 6.80. The van der Waals surface area contributed by atoms with E-state index in [4.69, 9.17) is 0 Å². The number of fused-ring (bicyclic) bond motifs is 1. The molecular weight excluding hydrogens is 503 g/mol. The molecule has 0 saturated carbocycles. The number of carbonyl (C=O) groups excluding carboxylic acids is 1. The third-order valence-electron chi connectivity index (χ3n) is 5.44. The maximum Gasteiger partial charge on any atom is 0.310 e. The molecule has 13 heteroatoms. The van der Waals surface area contributed by atoms with Gasteiger partial charge in [-0.3, -0.25) is 9.36 Å². The minimum absolute atomic E-state index is 0.155. The first-order valence-electron chi connectivity index (χ1n) is 10.4. The molecule has 5 aromatic rings. The Morgan fingerprint density at radius 1 is 0.944 bits per heavy atom. The van der Waals surface area contributed by atoms with E-state index in [-0.39, 0.29) is 17.8 Å². The molecule has 0 saturated heterocycles. The maximum absolute atomic E-state index is 13.2. The molecule has 0 radical (unpaired) electrons. The van der Waals surface area contributed by atoms with Crippen molar-refractivity contribution < 1.29 is 24.2 Å². The molecule has 0 fully saturated rings. The molecule has 0 aliphatic rings. The minimum atomic E-state index is -9.92. The fourth-order valence-electron chi connectivity index (χ4n) is 3.68. The average Bonchev–Trinajstić information content (AvgIpc) is 3.41. The molecular formula is C23H17F5N6OS. The molecule has 1 N–H and O–H groups in total. The van der Waals surface area contributed by atoms with Crippen LogP contribution in [0.15, 0.2) is 84.5 Å². The molecule has 0 spiro atoms. The predicted molar refractivity (Wildman–Crippen MR) is 126 cm³/mol. The summed E-state index contributed by atoms with van der Waals surface area (Å²) in [6.07, 6.45) is 8.17. The summed E-state index contributed by atoms with van der Waals surface area (Å²) in [5, 5.41) is 6.98. The van der Waals surface area contributed by atoms with Crippen LogP contribution in [0.2, 0.25) is 0 Å². The number of hydrogen-bond donors (Lipinski definition) is 1. The number of nitrogens with one attached hydrogen (secondary N) is 1. The standard InChI is InChI=1S/C23H17F5N6OS/c1-15-5-6-18(31-23(35)16-3-2-4-19(9-16)36(24,25,26,27)28)10-21(15)33-7-8-34-22(33)11-20(32-34)17-12-29-14-30-13-17/h2-14H,1H3,(H,31,35). The summed E-state index contributed by atoms with van der Waals surface area (Å²) in [6.45, 7) is 1.85. The molecule has 1 amide bonds. The lowest BCUT2D eigenvalue weighted by Crippen LogP contribution is -2.14. The van der Waals surface area contributed by atoms with Gasteiger partial charge in [-0.15, -0.1) is 0 Å². The van der Waals surface area contributed by atoms with E-state index in [1.54, 1.807) is 47.5 Å². The highest BCUT2D eigenvalue weighted by molar-refractivity contribution is 8.45. The Morgan fingerprint density at radius 2 is 1.69 bits per heavy atom. The molecule has 2 aromatic carbocycles. The number of rotatable bonds is 5. The van der Waals surface area contributed by atoms with Crippen LogP contribution < -0.4 is 5.32 Å². The monoisotopic (exact) mass is 520 g/mol. The summed E-state index contributed by atoms with van der Waals surface area (Å²) < 4.78 is 69.3. The molecule has 36 heavy (non-hydrogen) atoms. The number of imidazole rings is 1. The van der Waals surface area contributed by atoms with Crippen LogP contribution >= 0.6 is 10.2 Å². The number of hydrogen-bond acceptors (Lipinski definition) is 4. The Bertz CT molecular complexity index is 1630. The zero-order valence-corrected chi connectivity index (χ0v) is 19.3. The Balaban J connectivity index is 1.47. The summed E-state index contributed by atoms with van der Waals surface area (Å²) in [6, 6.07) is 8.95. The van der Waals surface area contributed by atoms with Crippen molar-refractivity contribution in [1.82, 2.24) is 24.1 Å².